The highest BCUT2D eigenvalue weighted by atomic mass is 32.2. The summed E-state index contributed by atoms with van der Waals surface area (Å²) in [7, 11) is -1.94. The molecule has 0 bridgehead atoms. The summed E-state index contributed by atoms with van der Waals surface area (Å²) in [5, 5.41) is 6.60. The fourth-order valence-electron chi connectivity index (χ4n) is 2.71. The van der Waals surface area contributed by atoms with E-state index >= 15 is 0 Å². The molecule has 0 saturated carbocycles. The number of pyridine rings is 1. The third-order valence-corrected chi connectivity index (χ3v) is 6.08. The normalized spacial score (nSPS) is 11.8. The van der Waals surface area contributed by atoms with Crippen molar-refractivity contribution in [2.45, 2.75) is 16.3 Å². The van der Waals surface area contributed by atoms with Gasteiger partial charge in [0.05, 0.1) is 15.4 Å². The molecule has 0 aliphatic heterocycles. The van der Waals surface area contributed by atoms with Gasteiger partial charge in [0.2, 0.25) is 9.84 Å². The Bertz CT molecular complexity index is 1200. The van der Waals surface area contributed by atoms with Crippen molar-refractivity contribution in [1.29, 1.82) is 0 Å². The molecule has 148 valence electrons. The lowest BCUT2D eigenvalue weighted by Crippen LogP contribution is -2.25. The number of nitrogens with one attached hydrogen (secondary N) is 1. The van der Waals surface area contributed by atoms with E-state index in [9.17, 15) is 13.2 Å². The second-order valence-corrected chi connectivity index (χ2v) is 8.08. The molecule has 0 fully saturated rings. The third kappa shape index (κ3) is 4.49. The average molecular weight is 408 g/mol. The van der Waals surface area contributed by atoms with Crippen LogP contribution in [0.4, 0.5) is 0 Å². The number of hydrogen-bond acceptors (Lipinski definition) is 5. The number of amides is 1. The average Bonchev–Trinajstić information content (AvgIpc) is 2.77. The summed E-state index contributed by atoms with van der Waals surface area (Å²) in [5.41, 5.74) is 1.76. The SMILES string of the molecule is C=Nn1cc(C(=O)NCc2ccc(S(=O)(=O)c3ccccc3)cc2)cc/c1=N/C. The van der Waals surface area contributed by atoms with E-state index in [1.54, 1.807) is 67.8 Å². The number of sulfone groups is 1. The van der Waals surface area contributed by atoms with Gasteiger partial charge in [-0.25, -0.2) is 13.1 Å². The molecular weight excluding hydrogens is 388 g/mol. The Morgan fingerprint density at radius 3 is 2.28 bits per heavy atom. The maximum absolute atomic E-state index is 12.6. The predicted molar refractivity (Wildman–Crippen MR) is 110 cm³/mol. The summed E-state index contributed by atoms with van der Waals surface area (Å²) in [4.78, 5) is 16.9. The van der Waals surface area contributed by atoms with Crippen LogP contribution in [0.15, 0.2) is 92.8 Å². The molecular formula is C21H20N4O3S. The summed E-state index contributed by atoms with van der Waals surface area (Å²) in [5.74, 6) is -0.286. The summed E-state index contributed by atoms with van der Waals surface area (Å²) in [6, 6.07) is 18.0. The van der Waals surface area contributed by atoms with Gasteiger partial charge in [0, 0.05) is 26.5 Å². The molecule has 1 heterocycles. The van der Waals surface area contributed by atoms with Gasteiger partial charge >= 0.3 is 0 Å². The third-order valence-electron chi connectivity index (χ3n) is 4.29. The van der Waals surface area contributed by atoms with Crippen LogP contribution in [0.3, 0.4) is 0 Å². The predicted octanol–water partition coefficient (Wildman–Crippen LogP) is 2.25. The van der Waals surface area contributed by atoms with Crippen LogP contribution in [0.25, 0.3) is 0 Å². The first-order valence-corrected chi connectivity index (χ1v) is 10.2. The van der Waals surface area contributed by atoms with Gasteiger partial charge in [-0.15, -0.1) is 0 Å². The van der Waals surface area contributed by atoms with E-state index < -0.39 is 9.84 Å². The van der Waals surface area contributed by atoms with Crippen molar-refractivity contribution in [2.75, 3.05) is 7.05 Å². The van der Waals surface area contributed by atoms with E-state index in [0.29, 0.717) is 11.1 Å². The topological polar surface area (TPSA) is 92.9 Å². The Labute approximate surface area is 169 Å². The minimum atomic E-state index is -3.56. The lowest BCUT2D eigenvalue weighted by molar-refractivity contribution is 0.0950. The number of carbonyl (C=O) groups excluding carboxylic acids is 1. The van der Waals surface area contributed by atoms with Crippen molar-refractivity contribution in [3.8, 4) is 0 Å². The van der Waals surface area contributed by atoms with Gasteiger partial charge < -0.3 is 5.32 Å². The molecule has 0 radical (unpaired) electrons. The van der Waals surface area contributed by atoms with Gasteiger partial charge in [-0.1, -0.05) is 30.3 Å². The molecule has 0 saturated heterocycles. The molecule has 2 aromatic carbocycles. The number of hydrogen-bond donors (Lipinski definition) is 1. The molecule has 3 rings (SSSR count). The minimum absolute atomic E-state index is 0.204. The molecule has 1 N–H and O–H groups in total. The van der Waals surface area contributed by atoms with E-state index in [1.807, 2.05) is 0 Å². The van der Waals surface area contributed by atoms with Gasteiger partial charge in [-0.2, -0.15) is 5.10 Å². The zero-order valence-electron chi connectivity index (χ0n) is 15.8. The highest BCUT2D eigenvalue weighted by Gasteiger charge is 2.16. The Balaban J connectivity index is 1.71. The Morgan fingerprint density at radius 2 is 1.66 bits per heavy atom. The highest BCUT2D eigenvalue weighted by Crippen LogP contribution is 2.20. The van der Waals surface area contributed by atoms with E-state index in [-0.39, 0.29) is 22.2 Å². The van der Waals surface area contributed by atoms with E-state index in [1.165, 1.54) is 16.8 Å². The van der Waals surface area contributed by atoms with E-state index in [0.717, 1.165) is 5.56 Å². The van der Waals surface area contributed by atoms with E-state index in [2.05, 4.69) is 22.1 Å². The summed E-state index contributed by atoms with van der Waals surface area (Å²) < 4.78 is 26.6. The van der Waals surface area contributed by atoms with Crippen LogP contribution in [0, 0.1) is 0 Å². The highest BCUT2D eigenvalue weighted by molar-refractivity contribution is 7.91. The van der Waals surface area contributed by atoms with Gasteiger partial charge in [-0.3, -0.25) is 9.79 Å². The first kappa shape index (κ1) is 20.2. The summed E-state index contributed by atoms with van der Waals surface area (Å²) in [6.45, 7) is 3.71. The summed E-state index contributed by atoms with van der Waals surface area (Å²) in [6.07, 6.45) is 1.54. The lowest BCUT2D eigenvalue weighted by atomic mass is 10.2. The fourth-order valence-corrected chi connectivity index (χ4v) is 3.99. The molecule has 3 aromatic rings. The van der Waals surface area contributed by atoms with Crippen molar-refractivity contribution >= 4 is 22.5 Å². The van der Waals surface area contributed by atoms with Gasteiger partial charge in [-0.05, 0) is 42.0 Å². The monoisotopic (exact) mass is 408 g/mol. The number of nitrogens with zero attached hydrogens (tertiary/aromatic N) is 3. The van der Waals surface area contributed by atoms with Crippen LogP contribution in [0.5, 0.6) is 0 Å². The molecule has 7 nitrogen and oxygen atoms in total. The fraction of sp³-hybridized carbons (Fsp3) is 0.0952. The van der Waals surface area contributed by atoms with Crippen molar-refractivity contribution in [3.05, 3.63) is 89.5 Å². The smallest absolute Gasteiger partial charge is 0.253 e. The van der Waals surface area contributed by atoms with Gasteiger partial charge in [0.25, 0.3) is 5.91 Å². The van der Waals surface area contributed by atoms with Gasteiger partial charge in [0.15, 0.2) is 0 Å². The Morgan fingerprint density at radius 1 is 1.00 bits per heavy atom. The van der Waals surface area contributed by atoms with Crippen LogP contribution in [0.1, 0.15) is 15.9 Å². The largest absolute Gasteiger partial charge is 0.348 e. The van der Waals surface area contributed by atoms with E-state index in [4.69, 9.17) is 0 Å². The molecule has 29 heavy (non-hydrogen) atoms. The first-order chi connectivity index (χ1) is 14.0. The molecule has 0 aliphatic carbocycles. The number of benzene rings is 2. The van der Waals surface area contributed by atoms with Crippen molar-refractivity contribution in [2.24, 2.45) is 10.1 Å². The Hall–Kier alpha value is -3.52. The molecule has 1 aromatic heterocycles. The maximum atomic E-state index is 12.6. The molecule has 0 atom stereocenters. The molecule has 0 aliphatic rings. The Kier molecular flexibility index (Phi) is 6.04. The van der Waals surface area contributed by atoms with Crippen LogP contribution < -0.4 is 10.8 Å². The second-order valence-electron chi connectivity index (χ2n) is 6.13. The van der Waals surface area contributed by atoms with Crippen LogP contribution in [0.2, 0.25) is 0 Å². The molecule has 1 amide bonds. The number of rotatable bonds is 6. The minimum Gasteiger partial charge on any atom is -0.348 e. The van der Waals surface area contributed by atoms with Crippen LogP contribution >= 0.6 is 0 Å². The number of aromatic nitrogens is 1. The second kappa shape index (κ2) is 8.66. The number of carbonyl (C=O) groups is 1. The van der Waals surface area contributed by atoms with Crippen molar-refractivity contribution < 1.29 is 13.2 Å². The molecule has 0 unspecified atom stereocenters. The maximum Gasteiger partial charge on any atom is 0.253 e. The van der Waals surface area contributed by atoms with Crippen molar-refractivity contribution in [1.82, 2.24) is 9.99 Å². The first-order valence-electron chi connectivity index (χ1n) is 8.75. The lowest BCUT2D eigenvalue weighted by Gasteiger charge is -2.08. The molecule has 0 spiro atoms. The van der Waals surface area contributed by atoms with Gasteiger partial charge in [0.1, 0.15) is 5.49 Å². The van der Waals surface area contributed by atoms with Crippen molar-refractivity contribution in [3.63, 3.8) is 0 Å². The zero-order valence-corrected chi connectivity index (χ0v) is 16.6. The van der Waals surface area contributed by atoms with Crippen LogP contribution in [-0.4, -0.2) is 32.8 Å². The summed E-state index contributed by atoms with van der Waals surface area (Å²) >= 11 is 0. The van der Waals surface area contributed by atoms with Crippen LogP contribution in [-0.2, 0) is 16.4 Å². The standard InChI is InChI=1S/C21H20N4O3S/c1-22-20-13-10-17(15-25(20)23-2)21(26)24-14-16-8-11-19(12-9-16)29(27,28)18-6-4-3-5-7-18/h3-13,15H,2,14H2,1H3,(H,24,26)/b22-20-. The molecule has 8 heteroatoms. The quantitative estimate of drug-likeness (QED) is 0.634. The zero-order chi connectivity index (χ0) is 20.9.